The first-order valence-electron chi connectivity index (χ1n) is 5.51. The predicted molar refractivity (Wildman–Crippen MR) is 61.7 cm³/mol. The summed E-state index contributed by atoms with van der Waals surface area (Å²) in [6.07, 6.45) is 6.54. The highest BCUT2D eigenvalue weighted by atomic mass is 31.2. The van der Waals surface area contributed by atoms with Crippen molar-refractivity contribution in [3.05, 3.63) is 0 Å². The van der Waals surface area contributed by atoms with Crippen LogP contribution in [0.3, 0.4) is 0 Å². The van der Waals surface area contributed by atoms with Crippen molar-refractivity contribution in [1.82, 2.24) is 5.32 Å². The molecule has 0 rings (SSSR count). The van der Waals surface area contributed by atoms with Crippen molar-refractivity contribution < 1.29 is 14.4 Å². The van der Waals surface area contributed by atoms with E-state index in [1.807, 2.05) is 0 Å². The van der Waals surface area contributed by atoms with Gasteiger partial charge in [-0.2, -0.15) is 0 Å². The van der Waals surface area contributed by atoms with Crippen LogP contribution in [0.1, 0.15) is 38.5 Å². The fraction of sp³-hybridized carbons (Fsp3) is 1.00. The summed E-state index contributed by atoms with van der Waals surface area (Å²) in [5.74, 6) is 0. The molecule has 0 saturated heterocycles. The Bertz CT molecular complexity index is 184. The van der Waals surface area contributed by atoms with Gasteiger partial charge in [0.05, 0.1) is 6.29 Å². The summed E-state index contributed by atoms with van der Waals surface area (Å²) in [6.45, 7) is 1.45. The third-order valence-corrected chi connectivity index (χ3v) is 2.76. The van der Waals surface area contributed by atoms with Gasteiger partial charge in [0.15, 0.2) is 0 Å². The molecule has 0 fully saturated rings. The lowest BCUT2D eigenvalue weighted by Crippen LogP contribution is -2.16. The van der Waals surface area contributed by atoms with Crippen molar-refractivity contribution in [3.63, 3.8) is 0 Å². The van der Waals surface area contributed by atoms with Gasteiger partial charge in [0.25, 0.3) is 0 Å². The second kappa shape index (κ2) is 9.31. The lowest BCUT2D eigenvalue weighted by atomic mass is 10.1. The van der Waals surface area contributed by atoms with Crippen LogP contribution < -0.4 is 11.1 Å². The molecule has 6 heteroatoms. The Morgan fingerprint density at radius 3 is 2.07 bits per heavy atom. The molecule has 0 radical (unpaired) electrons. The second-order valence-corrected chi connectivity index (χ2v) is 5.38. The zero-order chi connectivity index (χ0) is 11.6. The zero-order valence-corrected chi connectivity index (χ0v) is 10.1. The highest BCUT2D eigenvalue weighted by Gasteiger charge is 2.10. The topological polar surface area (TPSA) is 95.6 Å². The zero-order valence-electron chi connectivity index (χ0n) is 9.19. The highest BCUT2D eigenvalue weighted by Crippen LogP contribution is 2.31. The molecule has 0 heterocycles. The molecule has 0 aromatic heterocycles. The number of unbranched alkanes of at least 4 members (excludes halogenated alkanes) is 5. The highest BCUT2D eigenvalue weighted by molar-refractivity contribution is 7.51. The fourth-order valence-electron chi connectivity index (χ4n) is 1.33. The first-order valence-corrected chi connectivity index (χ1v) is 7.31. The summed E-state index contributed by atoms with van der Waals surface area (Å²) in [5, 5.41) is 2.74. The van der Waals surface area contributed by atoms with Gasteiger partial charge in [0, 0.05) is 0 Å². The molecule has 0 aromatic carbocycles. The smallest absolute Gasteiger partial charge is 0.330 e. The SMILES string of the molecule is NCCCCCCCCNCP(=O)(O)O. The molecule has 0 aliphatic carbocycles. The maximum absolute atomic E-state index is 10.5. The van der Waals surface area contributed by atoms with Crippen LogP contribution in [0.4, 0.5) is 0 Å². The van der Waals surface area contributed by atoms with Gasteiger partial charge in [-0.15, -0.1) is 0 Å². The molecule has 92 valence electrons. The van der Waals surface area contributed by atoms with Crippen molar-refractivity contribution in [3.8, 4) is 0 Å². The number of hydrogen-bond acceptors (Lipinski definition) is 3. The van der Waals surface area contributed by atoms with E-state index < -0.39 is 7.60 Å². The summed E-state index contributed by atoms with van der Waals surface area (Å²) in [4.78, 5) is 17.1. The van der Waals surface area contributed by atoms with Gasteiger partial charge in [-0.1, -0.05) is 25.7 Å². The Morgan fingerprint density at radius 2 is 1.53 bits per heavy atom. The van der Waals surface area contributed by atoms with Crippen molar-refractivity contribution >= 4 is 7.60 Å². The van der Waals surface area contributed by atoms with Gasteiger partial charge in [-0.05, 0) is 25.9 Å². The van der Waals surface area contributed by atoms with Crippen LogP contribution in [-0.4, -0.2) is 29.2 Å². The summed E-state index contributed by atoms with van der Waals surface area (Å²) in [7, 11) is -3.86. The van der Waals surface area contributed by atoms with Crippen LogP contribution in [0.5, 0.6) is 0 Å². The van der Waals surface area contributed by atoms with E-state index in [2.05, 4.69) is 5.32 Å². The van der Waals surface area contributed by atoms with Gasteiger partial charge in [0.1, 0.15) is 0 Å². The van der Waals surface area contributed by atoms with E-state index in [0.717, 1.165) is 25.8 Å². The average molecular weight is 238 g/mol. The molecule has 15 heavy (non-hydrogen) atoms. The lowest BCUT2D eigenvalue weighted by molar-refractivity contribution is 0.367. The number of rotatable bonds is 10. The predicted octanol–water partition coefficient (Wildman–Crippen LogP) is 1.01. The molecule has 0 unspecified atom stereocenters. The van der Waals surface area contributed by atoms with Gasteiger partial charge in [-0.3, -0.25) is 4.57 Å². The normalized spacial score (nSPS) is 11.9. The Kier molecular flexibility index (Phi) is 9.35. The van der Waals surface area contributed by atoms with Crippen LogP contribution in [-0.2, 0) is 4.57 Å². The van der Waals surface area contributed by atoms with Gasteiger partial charge in [-0.25, -0.2) is 0 Å². The maximum Gasteiger partial charge on any atom is 0.339 e. The largest absolute Gasteiger partial charge is 0.339 e. The van der Waals surface area contributed by atoms with E-state index in [1.165, 1.54) is 19.3 Å². The van der Waals surface area contributed by atoms with E-state index in [1.54, 1.807) is 0 Å². The standard InChI is InChI=1S/C9H23N2O3P/c10-7-5-3-1-2-4-6-8-11-9-15(12,13)14/h11H,1-10H2,(H2,12,13,14). The van der Waals surface area contributed by atoms with Crippen molar-refractivity contribution in [2.45, 2.75) is 38.5 Å². The van der Waals surface area contributed by atoms with Crippen LogP contribution in [0.25, 0.3) is 0 Å². The second-order valence-electron chi connectivity index (χ2n) is 3.73. The van der Waals surface area contributed by atoms with Crippen LogP contribution in [0, 0.1) is 0 Å². The molecule has 5 nitrogen and oxygen atoms in total. The minimum absolute atomic E-state index is 0.208. The van der Waals surface area contributed by atoms with Gasteiger partial charge < -0.3 is 20.8 Å². The fourth-order valence-corrected chi connectivity index (χ4v) is 1.78. The summed E-state index contributed by atoms with van der Waals surface area (Å²) >= 11 is 0. The van der Waals surface area contributed by atoms with Crippen molar-refractivity contribution in [1.29, 1.82) is 0 Å². The van der Waals surface area contributed by atoms with E-state index >= 15 is 0 Å². The lowest BCUT2D eigenvalue weighted by Gasteiger charge is -2.05. The third-order valence-electron chi connectivity index (χ3n) is 2.13. The number of nitrogens with two attached hydrogens (primary N) is 1. The first kappa shape index (κ1) is 15.1. The Balaban J connectivity index is 3.02. The summed E-state index contributed by atoms with van der Waals surface area (Å²) < 4.78 is 10.5. The molecule has 0 spiro atoms. The Labute approximate surface area is 91.6 Å². The van der Waals surface area contributed by atoms with Crippen LogP contribution >= 0.6 is 7.60 Å². The molecule has 0 aliphatic heterocycles. The molecule has 0 aromatic rings. The minimum atomic E-state index is -3.86. The van der Waals surface area contributed by atoms with Gasteiger partial charge in [0.2, 0.25) is 0 Å². The quantitative estimate of drug-likeness (QED) is 0.336. The minimum Gasteiger partial charge on any atom is -0.330 e. The van der Waals surface area contributed by atoms with Crippen molar-refractivity contribution in [2.75, 3.05) is 19.4 Å². The van der Waals surface area contributed by atoms with E-state index in [-0.39, 0.29) is 6.29 Å². The van der Waals surface area contributed by atoms with Crippen molar-refractivity contribution in [2.24, 2.45) is 5.73 Å². The molecular formula is C9H23N2O3P. The summed E-state index contributed by atoms with van der Waals surface area (Å²) in [5.41, 5.74) is 5.37. The molecule has 0 bridgehead atoms. The molecule has 0 aliphatic rings. The molecular weight excluding hydrogens is 215 g/mol. The van der Waals surface area contributed by atoms with Crippen LogP contribution in [0.2, 0.25) is 0 Å². The average Bonchev–Trinajstić information content (AvgIpc) is 2.14. The molecule has 0 saturated carbocycles. The first-order chi connectivity index (χ1) is 7.06. The maximum atomic E-state index is 10.5. The Hall–Kier alpha value is 0.0700. The Morgan fingerprint density at radius 1 is 1.00 bits per heavy atom. The monoisotopic (exact) mass is 238 g/mol. The number of hydrogen-bond donors (Lipinski definition) is 4. The molecule has 0 atom stereocenters. The summed E-state index contributed by atoms with van der Waals surface area (Å²) in [6, 6.07) is 0. The molecule has 5 N–H and O–H groups in total. The van der Waals surface area contributed by atoms with E-state index in [0.29, 0.717) is 6.54 Å². The number of nitrogens with one attached hydrogen (secondary N) is 1. The van der Waals surface area contributed by atoms with Gasteiger partial charge >= 0.3 is 7.60 Å². The van der Waals surface area contributed by atoms with E-state index in [4.69, 9.17) is 15.5 Å². The molecule has 0 amide bonds. The van der Waals surface area contributed by atoms with Crippen LogP contribution in [0.15, 0.2) is 0 Å². The van der Waals surface area contributed by atoms with E-state index in [9.17, 15) is 4.57 Å². The third kappa shape index (κ3) is 14.1.